The summed E-state index contributed by atoms with van der Waals surface area (Å²) in [4.78, 5) is 4.05. The highest BCUT2D eigenvalue weighted by atomic mass is 79.9. The Kier molecular flexibility index (Phi) is 4.32. The highest BCUT2D eigenvalue weighted by molar-refractivity contribution is 9.10. The standard InChI is InChI=1S/C13H11BrClFN2/c14-10-3-9(6-18-7-10)13(17)5-8-4-11(16)1-2-12(8)15/h1-4,6-7,13H,5,17H2. The quantitative estimate of drug-likeness (QED) is 0.928. The minimum absolute atomic E-state index is 0.269. The van der Waals surface area contributed by atoms with E-state index >= 15 is 0 Å². The molecule has 0 amide bonds. The van der Waals surface area contributed by atoms with Gasteiger partial charge in [0.2, 0.25) is 0 Å². The molecule has 5 heteroatoms. The predicted octanol–water partition coefficient (Wildman–Crippen LogP) is 3.88. The molecule has 0 bridgehead atoms. The Hall–Kier alpha value is -0.970. The van der Waals surface area contributed by atoms with Crippen molar-refractivity contribution in [1.29, 1.82) is 0 Å². The maximum Gasteiger partial charge on any atom is 0.123 e. The van der Waals surface area contributed by atoms with Gasteiger partial charge in [0.15, 0.2) is 0 Å². The first-order valence-corrected chi connectivity index (χ1v) is 6.53. The van der Waals surface area contributed by atoms with E-state index in [0.29, 0.717) is 17.0 Å². The van der Waals surface area contributed by atoms with Gasteiger partial charge >= 0.3 is 0 Å². The molecule has 1 unspecified atom stereocenters. The summed E-state index contributed by atoms with van der Waals surface area (Å²) in [5.74, 6) is -0.311. The molecule has 0 spiro atoms. The van der Waals surface area contributed by atoms with Crippen LogP contribution in [0, 0.1) is 5.82 Å². The second-order valence-electron chi connectivity index (χ2n) is 3.98. The molecular formula is C13H11BrClFN2. The third-order valence-corrected chi connectivity index (χ3v) is 3.40. The second-order valence-corrected chi connectivity index (χ2v) is 5.31. The summed E-state index contributed by atoms with van der Waals surface area (Å²) in [6.07, 6.45) is 3.85. The maximum atomic E-state index is 13.1. The first kappa shape index (κ1) is 13.5. The number of hydrogen-bond acceptors (Lipinski definition) is 2. The molecule has 0 aliphatic heterocycles. The zero-order valence-corrected chi connectivity index (χ0v) is 11.7. The lowest BCUT2D eigenvalue weighted by Gasteiger charge is -2.13. The monoisotopic (exact) mass is 328 g/mol. The Bertz CT molecular complexity index is 562. The van der Waals surface area contributed by atoms with Crippen LogP contribution in [-0.2, 0) is 6.42 Å². The number of rotatable bonds is 3. The summed E-state index contributed by atoms with van der Waals surface area (Å²) in [6.45, 7) is 0. The zero-order valence-electron chi connectivity index (χ0n) is 9.41. The third-order valence-electron chi connectivity index (χ3n) is 2.60. The Morgan fingerprint density at radius 2 is 2.11 bits per heavy atom. The van der Waals surface area contributed by atoms with Crippen LogP contribution in [0.15, 0.2) is 41.1 Å². The minimum atomic E-state index is -0.311. The number of benzene rings is 1. The van der Waals surface area contributed by atoms with Crippen LogP contribution in [0.4, 0.5) is 4.39 Å². The van der Waals surface area contributed by atoms with Crippen molar-refractivity contribution in [3.05, 3.63) is 63.1 Å². The van der Waals surface area contributed by atoms with E-state index in [0.717, 1.165) is 10.0 Å². The Morgan fingerprint density at radius 3 is 2.83 bits per heavy atom. The van der Waals surface area contributed by atoms with Crippen LogP contribution in [-0.4, -0.2) is 4.98 Å². The van der Waals surface area contributed by atoms with E-state index in [4.69, 9.17) is 17.3 Å². The van der Waals surface area contributed by atoms with Gasteiger partial charge in [-0.25, -0.2) is 4.39 Å². The molecule has 0 saturated heterocycles. The molecule has 2 rings (SSSR count). The average Bonchev–Trinajstić information content (AvgIpc) is 2.34. The summed E-state index contributed by atoms with van der Waals surface area (Å²) >= 11 is 9.35. The zero-order chi connectivity index (χ0) is 13.1. The second kappa shape index (κ2) is 5.78. The van der Waals surface area contributed by atoms with Gasteiger partial charge in [0.25, 0.3) is 0 Å². The van der Waals surface area contributed by atoms with Crippen molar-refractivity contribution in [3.8, 4) is 0 Å². The van der Waals surface area contributed by atoms with E-state index in [-0.39, 0.29) is 11.9 Å². The van der Waals surface area contributed by atoms with Gasteiger partial charge in [0.05, 0.1) is 0 Å². The average molecular weight is 330 g/mol. The molecule has 0 saturated carbocycles. The van der Waals surface area contributed by atoms with E-state index in [1.807, 2.05) is 6.07 Å². The first-order valence-electron chi connectivity index (χ1n) is 5.36. The van der Waals surface area contributed by atoms with E-state index in [1.165, 1.54) is 18.2 Å². The van der Waals surface area contributed by atoms with Crippen LogP contribution in [0.3, 0.4) is 0 Å². The van der Waals surface area contributed by atoms with Crippen molar-refractivity contribution in [2.24, 2.45) is 5.73 Å². The molecular weight excluding hydrogens is 319 g/mol. The minimum Gasteiger partial charge on any atom is -0.324 e. The molecule has 0 aliphatic rings. The summed E-state index contributed by atoms with van der Waals surface area (Å²) in [5.41, 5.74) is 7.65. The van der Waals surface area contributed by atoms with Crippen molar-refractivity contribution < 1.29 is 4.39 Å². The van der Waals surface area contributed by atoms with Gasteiger partial charge in [-0.3, -0.25) is 4.98 Å². The van der Waals surface area contributed by atoms with Crippen molar-refractivity contribution >= 4 is 27.5 Å². The molecule has 1 heterocycles. The van der Waals surface area contributed by atoms with Crippen LogP contribution >= 0.6 is 27.5 Å². The van der Waals surface area contributed by atoms with Crippen molar-refractivity contribution in [3.63, 3.8) is 0 Å². The van der Waals surface area contributed by atoms with Gasteiger partial charge in [-0.15, -0.1) is 0 Å². The van der Waals surface area contributed by atoms with Crippen molar-refractivity contribution in [1.82, 2.24) is 4.98 Å². The number of nitrogens with zero attached hydrogens (tertiary/aromatic N) is 1. The fourth-order valence-corrected chi connectivity index (χ4v) is 2.26. The summed E-state index contributed by atoms with van der Waals surface area (Å²) in [5, 5.41) is 0.523. The topological polar surface area (TPSA) is 38.9 Å². The molecule has 0 aliphatic carbocycles. The van der Waals surface area contributed by atoms with Crippen LogP contribution in [0.5, 0.6) is 0 Å². The van der Waals surface area contributed by atoms with E-state index < -0.39 is 0 Å². The fourth-order valence-electron chi connectivity index (χ4n) is 1.69. The smallest absolute Gasteiger partial charge is 0.123 e. The fraction of sp³-hybridized carbons (Fsp3) is 0.154. The summed E-state index contributed by atoms with van der Waals surface area (Å²) in [7, 11) is 0. The molecule has 2 aromatic rings. The number of pyridine rings is 1. The number of aromatic nitrogens is 1. The normalized spacial score (nSPS) is 12.4. The van der Waals surface area contributed by atoms with Gasteiger partial charge in [0, 0.05) is 27.9 Å². The van der Waals surface area contributed by atoms with Gasteiger partial charge in [-0.05, 0) is 57.7 Å². The van der Waals surface area contributed by atoms with Crippen LogP contribution in [0.1, 0.15) is 17.2 Å². The van der Waals surface area contributed by atoms with Crippen LogP contribution < -0.4 is 5.73 Å². The largest absolute Gasteiger partial charge is 0.324 e. The number of hydrogen-bond donors (Lipinski definition) is 1. The van der Waals surface area contributed by atoms with Gasteiger partial charge in [0.1, 0.15) is 5.82 Å². The summed E-state index contributed by atoms with van der Waals surface area (Å²) < 4.78 is 14.0. The number of halogens is 3. The van der Waals surface area contributed by atoms with Gasteiger partial charge in [-0.2, -0.15) is 0 Å². The molecule has 94 valence electrons. The SMILES string of the molecule is NC(Cc1cc(F)ccc1Cl)c1cncc(Br)c1. The molecule has 1 aromatic carbocycles. The lowest BCUT2D eigenvalue weighted by molar-refractivity contribution is 0.622. The molecule has 1 aromatic heterocycles. The van der Waals surface area contributed by atoms with Crippen LogP contribution in [0.25, 0.3) is 0 Å². The van der Waals surface area contributed by atoms with Crippen molar-refractivity contribution in [2.45, 2.75) is 12.5 Å². The van der Waals surface area contributed by atoms with E-state index in [1.54, 1.807) is 12.4 Å². The Labute approximate surface area is 118 Å². The Morgan fingerprint density at radius 1 is 1.33 bits per heavy atom. The lowest BCUT2D eigenvalue weighted by Crippen LogP contribution is -2.14. The lowest BCUT2D eigenvalue weighted by atomic mass is 10.0. The molecule has 2 N–H and O–H groups in total. The predicted molar refractivity (Wildman–Crippen MR) is 74.0 cm³/mol. The molecule has 18 heavy (non-hydrogen) atoms. The van der Waals surface area contributed by atoms with E-state index in [9.17, 15) is 4.39 Å². The highest BCUT2D eigenvalue weighted by Gasteiger charge is 2.11. The maximum absolute atomic E-state index is 13.1. The number of nitrogens with two attached hydrogens (primary N) is 1. The third kappa shape index (κ3) is 3.28. The molecule has 2 nitrogen and oxygen atoms in total. The first-order chi connectivity index (χ1) is 8.56. The van der Waals surface area contributed by atoms with E-state index in [2.05, 4.69) is 20.9 Å². The highest BCUT2D eigenvalue weighted by Crippen LogP contribution is 2.23. The Balaban J connectivity index is 2.21. The van der Waals surface area contributed by atoms with Crippen LogP contribution in [0.2, 0.25) is 5.02 Å². The van der Waals surface area contributed by atoms with Crippen molar-refractivity contribution in [2.75, 3.05) is 0 Å². The molecule has 1 atom stereocenters. The molecule has 0 radical (unpaired) electrons. The summed E-state index contributed by atoms with van der Waals surface area (Å²) in [6, 6.07) is 5.91. The van der Waals surface area contributed by atoms with Gasteiger partial charge < -0.3 is 5.73 Å². The van der Waals surface area contributed by atoms with Gasteiger partial charge in [-0.1, -0.05) is 11.6 Å². The molecule has 0 fully saturated rings.